The normalized spacial score (nSPS) is 36.8. The minimum absolute atomic E-state index is 0.0852. The quantitative estimate of drug-likeness (QED) is 0.737. The third-order valence-electron chi connectivity index (χ3n) is 4.23. The maximum Gasteiger partial charge on any atom is 0.148 e. The molecule has 0 aromatic carbocycles. The van der Waals surface area contributed by atoms with Crippen molar-refractivity contribution in [2.45, 2.75) is 38.1 Å². The first kappa shape index (κ1) is 9.96. The fraction of sp³-hybridized carbons (Fsp3) is 0.727. The molecule has 0 radical (unpaired) electrons. The third-order valence-corrected chi connectivity index (χ3v) is 4.23. The van der Waals surface area contributed by atoms with Crippen LogP contribution < -0.4 is 5.73 Å². The van der Waals surface area contributed by atoms with Crippen molar-refractivity contribution in [3.63, 3.8) is 0 Å². The molecule has 0 saturated heterocycles. The van der Waals surface area contributed by atoms with E-state index in [1.54, 1.807) is 0 Å². The average molecular weight is 219 g/mol. The van der Waals surface area contributed by atoms with E-state index in [0.717, 1.165) is 18.7 Å². The van der Waals surface area contributed by atoms with Crippen LogP contribution in [0.3, 0.4) is 0 Å². The average Bonchev–Trinajstić information content (AvgIpc) is 2.85. The van der Waals surface area contributed by atoms with Crippen molar-refractivity contribution < 1.29 is 0 Å². The molecular formula is C11H17N5. The van der Waals surface area contributed by atoms with Gasteiger partial charge in [0.15, 0.2) is 0 Å². The molecule has 3 atom stereocenters. The number of fused-ring (bicyclic) bond motifs is 1. The van der Waals surface area contributed by atoms with Gasteiger partial charge in [0.2, 0.25) is 0 Å². The summed E-state index contributed by atoms with van der Waals surface area (Å²) < 4.78 is 0. The van der Waals surface area contributed by atoms with Crippen LogP contribution >= 0.6 is 0 Å². The molecule has 2 aliphatic rings. The van der Waals surface area contributed by atoms with Crippen molar-refractivity contribution in [3.8, 4) is 0 Å². The highest BCUT2D eigenvalue weighted by Gasteiger charge is 2.53. The third kappa shape index (κ3) is 1.31. The second-order valence-electron chi connectivity index (χ2n) is 5.04. The molecule has 1 aromatic heterocycles. The number of aromatic nitrogens is 4. The monoisotopic (exact) mass is 219 g/mol. The van der Waals surface area contributed by atoms with Gasteiger partial charge in [0.25, 0.3) is 0 Å². The van der Waals surface area contributed by atoms with E-state index in [2.05, 4.69) is 33.6 Å². The van der Waals surface area contributed by atoms with Crippen LogP contribution in [0, 0.1) is 11.8 Å². The van der Waals surface area contributed by atoms with Gasteiger partial charge in [-0.1, -0.05) is 18.6 Å². The number of hydrogen-bond donors (Lipinski definition) is 2. The van der Waals surface area contributed by atoms with E-state index in [4.69, 9.17) is 5.73 Å². The largest absolute Gasteiger partial charge is 0.321 e. The molecule has 5 heteroatoms. The first-order chi connectivity index (χ1) is 7.72. The Bertz CT molecular complexity index is 410. The number of nitrogens with one attached hydrogen (secondary N) is 1. The zero-order valence-electron chi connectivity index (χ0n) is 9.48. The summed E-state index contributed by atoms with van der Waals surface area (Å²) in [6, 6.07) is 0. The van der Waals surface area contributed by atoms with Gasteiger partial charge in [0.1, 0.15) is 5.82 Å². The van der Waals surface area contributed by atoms with E-state index in [-0.39, 0.29) is 5.54 Å². The summed E-state index contributed by atoms with van der Waals surface area (Å²) in [5.41, 5.74) is 7.91. The Kier molecular flexibility index (Phi) is 2.10. The highest BCUT2D eigenvalue weighted by atomic mass is 15.5. The molecule has 1 fully saturated rings. The van der Waals surface area contributed by atoms with Gasteiger partial charge in [0, 0.05) is 12.0 Å². The van der Waals surface area contributed by atoms with E-state index < -0.39 is 0 Å². The summed E-state index contributed by atoms with van der Waals surface area (Å²) in [5.74, 6) is 2.01. The molecule has 1 unspecified atom stereocenters. The summed E-state index contributed by atoms with van der Waals surface area (Å²) in [7, 11) is 0. The molecule has 86 valence electrons. The van der Waals surface area contributed by atoms with Crippen molar-refractivity contribution in [3.05, 3.63) is 17.5 Å². The number of allylic oxidation sites excluding steroid dienone is 1. The number of nitrogens with two attached hydrogens (primary N) is 1. The predicted octanol–water partition coefficient (Wildman–Crippen LogP) is 0.816. The van der Waals surface area contributed by atoms with Gasteiger partial charge in [-0.25, -0.2) is 5.10 Å². The molecule has 2 aliphatic carbocycles. The van der Waals surface area contributed by atoms with Crippen molar-refractivity contribution in [1.82, 2.24) is 20.6 Å². The van der Waals surface area contributed by atoms with Crippen LogP contribution in [0.15, 0.2) is 11.6 Å². The Morgan fingerprint density at radius 3 is 3.19 bits per heavy atom. The van der Waals surface area contributed by atoms with E-state index in [1.165, 1.54) is 18.4 Å². The van der Waals surface area contributed by atoms with E-state index in [0.29, 0.717) is 11.8 Å². The summed E-state index contributed by atoms with van der Waals surface area (Å²) in [6.45, 7) is 2.20. The lowest BCUT2D eigenvalue weighted by molar-refractivity contribution is 0.0884. The lowest BCUT2D eigenvalue weighted by Gasteiger charge is -2.49. The summed E-state index contributed by atoms with van der Waals surface area (Å²) in [5, 5.41) is 13.9. The van der Waals surface area contributed by atoms with Crippen LogP contribution in [0.4, 0.5) is 0 Å². The van der Waals surface area contributed by atoms with Gasteiger partial charge in [0.05, 0.1) is 0 Å². The van der Waals surface area contributed by atoms with Crippen LogP contribution in [-0.2, 0) is 6.42 Å². The molecule has 0 bridgehead atoms. The number of rotatable bonds is 3. The van der Waals surface area contributed by atoms with E-state index in [9.17, 15) is 0 Å². The maximum atomic E-state index is 6.48. The van der Waals surface area contributed by atoms with Crippen LogP contribution in [0.25, 0.3) is 0 Å². The molecule has 1 aromatic rings. The van der Waals surface area contributed by atoms with Crippen LogP contribution in [0.5, 0.6) is 0 Å². The molecule has 0 aliphatic heterocycles. The second-order valence-corrected chi connectivity index (χ2v) is 5.04. The lowest BCUT2D eigenvalue weighted by Crippen LogP contribution is -2.59. The zero-order chi connectivity index (χ0) is 11.2. The molecular weight excluding hydrogens is 202 g/mol. The van der Waals surface area contributed by atoms with Crippen LogP contribution in [-0.4, -0.2) is 26.2 Å². The molecule has 1 saturated carbocycles. The Morgan fingerprint density at radius 1 is 1.62 bits per heavy atom. The highest BCUT2D eigenvalue weighted by Crippen LogP contribution is 2.52. The summed E-state index contributed by atoms with van der Waals surface area (Å²) in [6.07, 6.45) is 6.70. The van der Waals surface area contributed by atoms with Gasteiger partial charge in [-0.2, -0.15) is 0 Å². The van der Waals surface area contributed by atoms with Gasteiger partial charge < -0.3 is 5.73 Å². The number of H-pyrrole nitrogens is 1. The lowest BCUT2D eigenvalue weighted by atomic mass is 9.59. The molecule has 0 spiro atoms. The first-order valence-electron chi connectivity index (χ1n) is 5.94. The molecule has 0 amide bonds. The Labute approximate surface area is 94.5 Å². The van der Waals surface area contributed by atoms with Crippen molar-refractivity contribution in [1.29, 1.82) is 0 Å². The smallest absolute Gasteiger partial charge is 0.148 e. The van der Waals surface area contributed by atoms with Crippen molar-refractivity contribution >= 4 is 0 Å². The van der Waals surface area contributed by atoms with Crippen LogP contribution in [0.1, 0.15) is 32.0 Å². The molecule has 3 rings (SSSR count). The Morgan fingerprint density at radius 2 is 2.50 bits per heavy atom. The van der Waals surface area contributed by atoms with Gasteiger partial charge in [-0.15, -0.1) is 5.10 Å². The maximum absolute atomic E-state index is 6.48. The number of tetrazole rings is 1. The standard InChI is InChI=1S/C11H17N5/c1-2-7-3-8-4-9(11(8,12)6-7)5-10-13-15-16-14-10/h6,8-9H,2-5,12H2,1H3,(H,13,14,15,16)/t8-,9?,11+/m1/s1. The molecule has 5 nitrogen and oxygen atoms in total. The van der Waals surface area contributed by atoms with Crippen molar-refractivity contribution in [2.75, 3.05) is 0 Å². The minimum atomic E-state index is -0.0852. The number of nitrogens with zero attached hydrogens (tertiary/aromatic N) is 3. The molecule has 3 N–H and O–H groups in total. The van der Waals surface area contributed by atoms with Gasteiger partial charge in [-0.3, -0.25) is 0 Å². The topological polar surface area (TPSA) is 80.5 Å². The summed E-state index contributed by atoms with van der Waals surface area (Å²) >= 11 is 0. The van der Waals surface area contributed by atoms with Crippen molar-refractivity contribution in [2.24, 2.45) is 17.6 Å². The number of hydrogen-bond acceptors (Lipinski definition) is 4. The number of aromatic amines is 1. The second kappa shape index (κ2) is 3.38. The fourth-order valence-electron chi connectivity index (χ4n) is 3.15. The van der Waals surface area contributed by atoms with E-state index in [1.807, 2.05) is 0 Å². The Hall–Kier alpha value is -1.23. The zero-order valence-corrected chi connectivity index (χ0v) is 9.48. The molecule has 16 heavy (non-hydrogen) atoms. The SMILES string of the molecule is CCC1=C[C@@]2(N)C(Cc3nnn[nH]3)C[C@H]2C1. The van der Waals surface area contributed by atoms with Gasteiger partial charge in [-0.05, 0) is 41.5 Å². The first-order valence-corrected chi connectivity index (χ1v) is 5.94. The predicted molar refractivity (Wildman–Crippen MR) is 59.4 cm³/mol. The highest BCUT2D eigenvalue weighted by molar-refractivity contribution is 5.31. The van der Waals surface area contributed by atoms with Crippen LogP contribution in [0.2, 0.25) is 0 Å². The Balaban J connectivity index is 1.74. The molecule has 1 heterocycles. The minimum Gasteiger partial charge on any atom is -0.321 e. The van der Waals surface area contributed by atoms with Gasteiger partial charge >= 0.3 is 0 Å². The fourth-order valence-corrected chi connectivity index (χ4v) is 3.15. The van der Waals surface area contributed by atoms with E-state index >= 15 is 0 Å². The summed E-state index contributed by atoms with van der Waals surface area (Å²) in [4.78, 5) is 0.